The second-order valence-electron chi connectivity index (χ2n) is 7.09. The summed E-state index contributed by atoms with van der Waals surface area (Å²) in [6, 6.07) is 15.7. The van der Waals surface area contributed by atoms with Crippen molar-refractivity contribution in [2.45, 2.75) is 18.8 Å². The molecule has 2 heterocycles. The fraction of sp³-hybridized carbons (Fsp3) is 0.364. The number of hydrogen-bond donors (Lipinski definition) is 1. The van der Waals surface area contributed by atoms with E-state index in [1.165, 1.54) is 0 Å². The van der Waals surface area contributed by atoms with E-state index in [1.807, 2.05) is 48.5 Å². The number of cyclic esters (lactones) is 1. The second kappa shape index (κ2) is 8.86. The van der Waals surface area contributed by atoms with Gasteiger partial charge in [0.25, 0.3) is 0 Å². The van der Waals surface area contributed by atoms with Crippen LogP contribution in [0.1, 0.15) is 29.9 Å². The first-order valence-corrected chi connectivity index (χ1v) is 9.83. The minimum Gasteiger partial charge on any atom is -0.454 e. The zero-order valence-electron chi connectivity index (χ0n) is 16.1. The Hall–Kier alpha value is -3.22. The number of rotatable bonds is 7. The molecule has 1 atom stereocenters. The fourth-order valence-corrected chi connectivity index (χ4v) is 3.63. The van der Waals surface area contributed by atoms with E-state index in [0.717, 1.165) is 23.3 Å². The van der Waals surface area contributed by atoms with Crippen LogP contribution >= 0.6 is 0 Å². The molecular formula is C22H24N2O5. The van der Waals surface area contributed by atoms with Crippen LogP contribution in [0.25, 0.3) is 0 Å². The lowest BCUT2D eigenvalue weighted by atomic mass is 9.88. The maximum atomic E-state index is 12.7. The zero-order chi connectivity index (χ0) is 20.1. The topological polar surface area (TPSA) is 77.1 Å². The number of amides is 2. The van der Waals surface area contributed by atoms with Crippen molar-refractivity contribution in [3.05, 3.63) is 59.7 Å². The molecule has 1 fully saturated rings. The van der Waals surface area contributed by atoms with E-state index in [4.69, 9.17) is 14.2 Å². The molecule has 1 saturated heterocycles. The van der Waals surface area contributed by atoms with E-state index in [-0.39, 0.29) is 24.7 Å². The number of nitrogens with one attached hydrogen (secondary N) is 1. The second-order valence-corrected chi connectivity index (χ2v) is 7.09. The van der Waals surface area contributed by atoms with Gasteiger partial charge < -0.3 is 24.4 Å². The Kier molecular flexibility index (Phi) is 5.84. The van der Waals surface area contributed by atoms with Gasteiger partial charge in [0.2, 0.25) is 12.7 Å². The number of fused-ring (bicyclic) bond motifs is 1. The highest BCUT2D eigenvalue weighted by Crippen LogP contribution is 2.37. The Bertz CT molecular complexity index is 871. The molecule has 0 unspecified atom stereocenters. The third-order valence-corrected chi connectivity index (χ3v) is 5.15. The third kappa shape index (κ3) is 4.62. The number of ether oxygens (including phenoxy) is 3. The van der Waals surface area contributed by atoms with Crippen LogP contribution in [0.5, 0.6) is 11.5 Å². The van der Waals surface area contributed by atoms with Gasteiger partial charge in [0, 0.05) is 32.0 Å². The minimum absolute atomic E-state index is 0.0677. The predicted octanol–water partition coefficient (Wildman–Crippen LogP) is 2.90. The largest absolute Gasteiger partial charge is 0.454 e. The lowest BCUT2D eigenvalue weighted by molar-refractivity contribution is -0.121. The summed E-state index contributed by atoms with van der Waals surface area (Å²) in [6.45, 7) is 2.20. The van der Waals surface area contributed by atoms with Gasteiger partial charge in [-0.15, -0.1) is 0 Å². The number of carbonyl (C=O) groups is 2. The number of carbonyl (C=O) groups excluding carboxylic acids is 2. The molecule has 0 aliphatic carbocycles. The van der Waals surface area contributed by atoms with Crippen LogP contribution in [0.2, 0.25) is 0 Å². The average molecular weight is 396 g/mol. The smallest absolute Gasteiger partial charge is 0.409 e. The van der Waals surface area contributed by atoms with Gasteiger partial charge in [-0.3, -0.25) is 4.79 Å². The number of benzene rings is 2. The first-order valence-electron chi connectivity index (χ1n) is 9.83. The van der Waals surface area contributed by atoms with Crippen molar-refractivity contribution in [3.8, 4) is 11.5 Å². The molecule has 7 heteroatoms. The Morgan fingerprint density at radius 2 is 1.86 bits per heavy atom. The van der Waals surface area contributed by atoms with Gasteiger partial charge in [0.05, 0.1) is 6.61 Å². The Morgan fingerprint density at radius 3 is 2.69 bits per heavy atom. The summed E-state index contributed by atoms with van der Waals surface area (Å²) in [5, 5.41) is 2.93. The summed E-state index contributed by atoms with van der Waals surface area (Å²) >= 11 is 0. The molecule has 7 nitrogen and oxygen atoms in total. The van der Waals surface area contributed by atoms with E-state index in [1.54, 1.807) is 4.90 Å². The molecule has 29 heavy (non-hydrogen) atoms. The maximum absolute atomic E-state index is 12.7. The highest BCUT2D eigenvalue weighted by atomic mass is 16.7. The molecule has 0 radical (unpaired) electrons. The Labute approximate surface area is 169 Å². The van der Waals surface area contributed by atoms with Crippen LogP contribution in [0.15, 0.2) is 48.5 Å². The molecule has 2 aliphatic rings. The van der Waals surface area contributed by atoms with Gasteiger partial charge in [-0.05, 0) is 29.7 Å². The molecule has 2 amide bonds. The van der Waals surface area contributed by atoms with Gasteiger partial charge in [-0.25, -0.2) is 4.79 Å². The maximum Gasteiger partial charge on any atom is 0.409 e. The first-order chi connectivity index (χ1) is 14.2. The summed E-state index contributed by atoms with van der Waals surface area (Å²) in [7, 11) is 0. The van der Waals surface area contributed by atoms with E-state index in [0.29, 0.717) is 38.4 Å². The number of nitrogens with zero attached hydrogens (tertiary/aromatic N) is 1. The Balaban J connectivity index is 1.41. The highest BCUT2D eigenvalue weighted by Gasteiger charge is 2.23. The van der Waals surface area contributed by atoms with Crippen molar-refractivity contribution < 1.29 is 23.8 Å². The van der Waals surface area contributed by atoms with Crippen LogP contribution in [0.4, 0.5) is 4.79 Å². The monoisotopic (exact) mass is 396 g/mol. The molecule has 0 saturated carbocycles. The number of hydrogen-bond acceptors (Lipinski definition) is 5. The summed E-state index contributed by atoms with van der Waals surface area (Å²) < 4.78 is 15.9. The van der Waals surface area contributed by atoms with Gasteiger partial charge in [-0.2, -0.15) is 0 Å². The minimum atomic E-state index is -0.312. The van der Waals surface area contributed by atoms with E-state index in [2.05, 4.69) is 5.32 Å². The molecular weight excluding hydrogens is 372 g/mol. The van der Waals surface area contributed by atoms with Crippen LogP contribution in [0.3, 0.4) is 0 Å². The van der Waals surface area contributed by atoms with Crippen molar-refractivity contribution in [2.75, 3.05) is 33.0 Å². The fourth-order valence-electron chi connectivity index (χ4n) is 3.63. The molecule has 4 rings (SSSR count). The summed E-state index contributed by atoms with van der Waals surface area (Å²) in [5.41, 5.74) is 2.05. The molecule has 152 valence electrons. The van der Waals surface area contributed by atoms with E-state index in [9.17, 15) is 9.59 Å². The first kappa shape index (κ1) is 19.1. The van der Waals surface area contributed by atoms with Gasteiger partial charge in [0.15, 0.2) is 11.5 Å². The van der Waals surface area contributed by atoms with Crippen molar-refractivity contribution in [1.29, 1.82) is 0 Å². The van der Waals surface area contributed by atoms with Crippen molar-refractivity contribution >= 4 is 12.0 Å². The van der Waals surface area contributed by atoms with Crippen LogP contribution in [0, 0.1) is 0 Å². The predicted molar refractivity (Wildman–Crippen MR) is 106 cm³/mol. The molecule has 2 aromatic rings. The molecule has 0 aromatic heterocycles. The standard InChI is InChI=1S/C22H24N2O5/c25-21(23-9-11-24-10-4-12-27-22(24)26)14-18(16-5-2-1-3-6-16)17-7-8-19-20(13-17)29-15-28-19/h1-3,5-8,13,18H,4,9-12,14-15H2,(H,23,25)/t18-/m1/s1. The molecule has 1 N–H and O–H groups in total. The summed E-state index contributed by atoms with van der Waals surface area (Å²) in [6.07, 6.45) is 0.807. The quantitative estimate of drug-likeness (QED) is 0.779. The molecule has 2 aliphatic heterocycles. The summed E-state index contributed by atoms with van der Waals surface area (Å²) in [4.78, 5) is 26.0. The van der Waals surface area contributed by atoms with Crippen LogP contribution in [-0.4, -0.2) is 49.9 Å². The van der Waals surface area contributed by atoms with Crippen LogP contribution in [-0.2, 0) is 9.53 Å². The molecule has 0 bridgehead atoms. The third-order valence-electron chi connectivity index (χ3n) is 5.15. The van der Waals surface area contributed by atoms with Crippen molar-refractivity contribution in [2.24, 2.45) is 0 Å². The van der Waals surface area contributed by atoms with Crippen molar-refractivity contribution in [1.82, 2.24) is 10.2 Å². The van der Waals surface area contributed by atoms with Crippen molar-refractivity contribution in [3.63, 3.8) is 0 Å². The van der Waals surface area contributed by atoms with Gasteiger partial charge >= 0.3 is 6.09 Å². The molecule has 2 aromatic carbocycles. The highest BCUT2D eigenvalue weighted by molar-refractivity contribution is 5.77. The molecule has 0 spiro atoms. The zero-order valence-corrected chi connectivity index (χ0v) is 16.1. The average Bonchev–Trinajstić information content (AvgIpc) is 3.22. The normalized spacial score (nSPS) is 16.3. The van der Waals surface area contributed by atoms with E-state index >= 15 is 0 Å². The van der Waals surface area contributed by atoms with Crippen LogP contribution < -0.4 is 14.8 Å². The SMILES string of the molecule is O=C(C[C@H](c1ccccc1)c1ccc2c(c1)OCO2)NCCN1CCCOC1=O. The lowest BCUT2D eigenvalue weighted by Gasteiger charge is -2.26. The Morgan fingerprint density at radius 1 is 1.03 bits per heavy atom. The summed E-state index contributed by atoms with van der Waals surface area (Å²) in [5.74, 6) is 1.25. The van der Waals surface area contributed by atoms with Gasteiger partial charge in [-0.1, -0.05) is 36.4 Å². The lowest BCUT2D eigenvalue weighted by Crippen LogP contribution is -2.42. The van der Waals surface area contributed by atoms with Gasteiger partial charge in [0.1, 0.15) is 0 Å². The van der Waals surface area contributed by atoms with E-state index < -0.39 is 0 Å².